The number of aromatic nitrogens is 3. The molecule has 0 atom stereocenters. The number of hydrogen-bond acceptors (Lipinski definition) is 5. The van der Waals surface area contributed by atoms with Crippen molar-refractivity contribution in [2.45, 2.75) is 13.8 Å². The highest BCUT2D eigenvalue weighted by Gasteiger charge is 2.05. The summed E-state index contributed by atoms with van der Waals surface area (Å²) >= 11 is 12.0. The maximum atomic E-state index is 5.99. The highest BCUT2D eigenvalue weighted by atomic mass is 35.5. The lowest BCUT2D eigenvalue weighted by atomic mass is 10.1. The molecule has 0 aliphatic carbocycles. The lowest BCUT2D eigenvalue weighted by molar-refractivity contribution is 0.982. The fourth-order valence-corrected chi connectivity index (χ4v) is 2.79. The van der Waals surface area contributed by atoms with E-state index in [1.165, 1.54) is 5.56 Å². The first-order valence-electron chi connectivity index (χ1n) is 7.27. The molecule has 2 aromatic carbocycles. The highest BCUT2D eigenvalue weighted by molar-refractivity contribution is 6.35. The molecule has 0 aliphatic heterocycles. The first-order chi connectivity index (χ1) is 11.5. The van der Waals surface area contributed by atoms with Gasteiger partial charge >= 0.3 is 0 Å². The Morgan fingerprint density at radius 3 is 2.38 bits per heavy atom. The second kappa shape index (κ2) is 7.03. The third-order valence-corrected chi connectivity index (χ3v) is 3.76. The van der Waals surface area contributed by atoms with E-state index in [9.17, 15) is 0 Å². The Morgan fingerprint density at radius 1 is 0.917 bits per heavy atom. The zero-order chi connectivity index (χ0) is 17.1. The molecule has 0 fully saturated rings. The van der Waals surface area contributed by atoms with Gasteiger partial charge in [0.2, 0.25) is 5.95 Å². The second-order valence-electron chi connectivity index (χ2n) is 5.39. The fourth-order valence-electron chi connectivity index (χ4n) is 2.26. The predicted molar refractivity (Wildman–Crippen MR) is 98.8 cm³/mol. The van der Waals surface area contributed by atoms with E-state index in [2.05, 4.69) is 38.8 Å². The summed E-state index contributed by atoms with van der Waals surface area (Å²) < 4.78 is 0. The summed E-state index contributed by atoms with van der Waals surface area (Å²) in [6.07, 6.45) is 1.56. The molecule has 0 radical (unpaired) electrons. The largest absolute Gasteiger partial charge is 0.339 e. The Balaban J connectivity index is 1.81. The normalized spacial score (nSPS) is 10.5. The topological polar surface area (TPSA) is 62.7 Å². The van der Waals surface area contributed by atoms with Gasteiger partial charge in [-0.2, -0.15) is 10.1 Å². The van der Waals surface area contributed by atoms with Crippen LogP contribution < -0.4 is 10.6 Å². The summed E-state index contributed by atoms with van der Waals surface area (Å²) in [6, 6.07) is 11.3. The molecule has 0 amide bonds. The van der Waals surface area contributed by atoms with Crippen LogP contribution in [0, 0.1) is 13.8 Å². The summed E-state index contributed by atoms with van der Waals surface area (Å²) in [5.74, 6) is 0.940. The zero-order valence-corrected chi connectivity index (χ0v) is 14.7. The fraction of sp³-hybridized carbons (Fsp3) is 0.118. The van der Waals surface area contributed by atoms with Crippen LogP contribution in [0.25, 0.3) is 0 Å². The molecule has 7 heteroatoms. The number of halogens is 2. The van der Waals surface area contributed by atoms with Gasteiger partial charge in [-0.25, -0.2) is 0 Å². The van der Waals surface area contributed by atoms with Crippen LogP contribution in [-0.2, 0) is 0 Å². The maximum Gasteiger partial charge on any atom is 0.249 e. The van der Waals surface area contributed by atoms with E-state index in [0.29, 0.717) is 27.5 Å². The summed E-state index contributed by atoms with van der Waals surface area (Å²) in [6.45, 7) is 4.10. The van der Waals surface area contributed by atoms with Crippen molar-refractivity contribution in [1.29, 1.82) is 0 Å². The number of rotatable bonds is 4. The van der Waals surface area contributed by atoms with E-state index < -0.39 is 0 Å². The van der Waals surface area contributed by atoms with Gasteiger partial charge in [-0.1, -0.05) is 40.9 Å². The number of hydrogen-bond donors (Lipinski definition) is 2. The number of benzene rings is 2. The first kappa shape index (κ1) is 16.5. The van der Waals surface area contributed by atoms with Crippen molar-refractivity contribution >= 4 is 46.3 Å². The number of anilines is 4. The van der Waals surface area contributed by atoms with Crippen LogP contribution in [-0.4, -0.2) is 15.2 Å². The average Bonchev–Trinajstić information content (AvgIpc) is 2.49. The van der Waals surface area contributed by atoms with E-state index in [1.807, 2.05) is 19.1 Å². The number of nitrogens with zero attached hydrogens (tertiary/aromatic N) is 3. The smallest absolute Gasteiger partial charge is 0.249 e. The molecule has 0 saturated carbocycles. The van der Waals surface area contributed by atoms with Gasteiger partial charge in [0.15, 0.2) is 5.82 Å². The molecule has 3 aromatic rings. The molecular formula is C17H15Cl2N5. The van der Waals surface area contributed by atoms with Gasteiger partial charge in [-0.3, -0.25) is 0 Å². The Labute approximate surface area is 150 Å². The minimum absolute atomic E-state index is 0.350. The minimum Gasteiger partial charge on any atom is -0.339 e. The van der Waals surface area contributed by atoms with Crippen LogP contribution in [0.1, 0.15) is 11.1 Å². The van der Waals surface area contributed by atoms with Gasteiger partial charge in [0.05, 0.1) is 6.20 Å². The minimum atomic E-state index is 0.350. The Hall–Kier alpha value is -2.37. The van der Waals surface area contributed by atoms with E-state index >= 15 is 0 Å². The van der Waals surface area contributed by atoms with Crippen LogP contribution in [0.2, 0.25) is 10.0 Å². The maximum absolute atomic E-state index is 5.99. The lowest BCUT2D eigenvalue weighted by Crippen LogP contribution is -2.03. The molecule has 2 N–H and O–H groups in total. The SMILES string of the molecule is Cc1ccc(Nc2cnnc(Nc3cc(Cl)cc(Cl)c3)n2)c(C)c1. The van der Waals surface area contributed by atoms with E-state index in [4.69, 9.17) is 23.2 Å². The average molecular weight is 360 g/mol. The zero-order valence-electron chi connectivity index (χ0n) is 13.1. The quantitative estimate of drug-likeness (QED) is 0.663. The summed E-state index contributed by atoms with van der Waals surface area (Å²) in [5, 5.41) is 15.3. The third-order valence-electron chi connectivity index (χ3n) is 3.32. The van der Waals surface area contributed by atoms with Gasteiger partial charge in [-0.05, 0) is 43.7 Å². The standard InChI is InChI=1S/C17H15Cl2N5/c1-10-3-4-15(11(2)5-10)22-16-9-20-24-17(23-16)21-14-7-12(18)6-13(19)8-14/h3-9H,1-2H3,(H2,21,22,23,24). The van der Waals surface area contributed by atoms with Crippen molar-refractivity contribution in [1.82, 2.24) is 15.2 Å². The molecule has 0 unspecified atom stereocenters. The van der Waals surface area contributed by atoms with Gasteiger partial charge in [0, 0.05) is 21.4 Å². The molecule has 5 nitrogen and oxygen atoms in total. The van der Waals surface area contributed by atoms with Crippen molar-refractivity contribution in [3.8, 4) is 0 Å². The molecule has 1 aromatic heterocycles. The lowest BCUT2D eigenvalue weighted by Gasteiger charge is -2.10. The monoisotopic (exact) mass is 359 g/mol. The molecule has 0 bridgehead atoms. The second-order valence-corrected chi connectivity index (χ2v) is 6.26. The van der Waals surface area contributed by atoms with Crippen molar-refractivity contribution in [2.75, 3.05) is 10.6 Å². The van der Waals surface area contributed by atoms with Crippen LogP contribution in [0.15, 0.2) is 42.6 Å². The molecule has 122 valence electrons. The van der Waals surface area contributed by atoms with Crippen molar-refractivity contribution in [3.05, 3.63) is 63.8 Å². The molecule has 1 heterocycles. The van der Waals surface area contributed by atoms with Gasteiger partial charge in [-0.15, -0.1) is 5.10 Å². The molecular weight excluding hydrogens is 345 g/mol. The molecule has 24 heavy (non-hydrogen) atoms. The van der Waals surface area contributed by atoms with Crippen LogP contribution in [0.4, 0.5) is 23.1 Å². The number of nitrogens with one attached hydrogen (secondary N) is 2. The van der Waals surface area contributed by atoms with Crippen LogP contribution >= 0.6 is 23.2 Å². The third kappa shape index (κ3) is 4.13. The van der Waals surface area contributed by atoms with Gasteiger partial charge in [0.25, 0.3) is 0 Å². The Kier molecular flexibility index (Phi) is 4.83. The summed E-state index contributed by atoms with van der Waals surface area (Å²) in [7, 11) is 0. The van der Waals surface area contributed by atoms with Crippen molar-refractivity contribution < 1.29 is 0 Å². The Morgan fingerprint density at radius 2 is 1.67 bits per heavy atom. The first-order valence-corrected chi connectivity index (χ1v) is 8.02. The van der Waals surface area contributed by atoms with E-state index in [0.717, 1.165) is 11.3 Å². The summed E-state index contributed by atoms with van der Waals surface area (Å²) in [5.41, 5.74) is 4.00. The van der Waals surface area contributed by atoms with Crippen LogP contribution in [0.3, 0.4) is 0 Å². The number of aryl methyl sites for hydroxylation is 2. The molecule has 3 rings (SSSR count). The Bertz CT molecular complexity index is 862. The van der Waals surface area contributed by atoms with E-state index in [-0.39, 0.29) is 0 Å². The summed E-state index contributed by atoms with van der Waals surface area (Å²) in [4.78, 5) is 4.40. The van der Waals surface area contributed by atoms with Crippen molar-refractivity contribution in [2.24, 2.45) is 0 Å². The van der Waals surface area contributed by atoms with Gasteiger partial charge in [0.1, 0.15) is 0 Å². The van der Waals surface area contributed by atoms with Gasteiger partial charge < -0.3 is 10.6 Å². The van der Waals surface area contributed by atoms with Crippen molar-refractivity contribution in [3.63, 3.8) is 0 Å². The molecule has 0 aliphatic rings. The highest BCUT2D eigenvalue weighted by Crippen LogP contribution is 2.25. The van der Waals surface area contributed by atoms with Crippen LogP contribution in [0.5, 0.6) is 0 Å². The molecule has 0 saturated heterocycles. The molecule has 0 spiro atoms. The van der Waals surface area contributed by atoms with E-state index in [1.54, 1.807) is 24.4 Å². The predicted octanol–water partition coefficient (Wildman–Crippen LogP) is 5.28.